The van der Waals surface area contributed by atoms with E-state index in [2.05, 4.69) is 4.98 Å². The van der Waals surface area contributed by atoms with Gasteiger partial charge < -0.3 is 9.30 Å². The Balaban J connectivity index is 1.76. The molecule has 0 fully saturated rings. The summed E-state index contributed by atoms with van der Waals surface area (Å²) in [7, 11) is -3.85. The standard InChI is InChI=1S/C22H22ClN3O6S/c1-22(21(28)25-29,33(2,30)31)10-13-26-12-9-16(14-19(26)27)15-5-7-17(8-6-15)32-20-18(23)4-3-11-24-20/h3-9,11-12,14,29H,10,13H2,1-2H3,(H,25,28)/t22-/m1/s1. The Morgan fingerprint density at radius 2 is 1.91 bits per heavy atom. The van der Waals surface area contributed by atoms with Gasteiger partial charge in [-0.3, -0.25) is 14.8 Å². The van der Waals surface area contributed by atoms with Crippen molar-refractivity contribution in [3.8, 4) is 22.8 Å². The fraction of sp³-hybridized carbons (Fsp3) is 0.227. The van der Waals surface area contributed by atoms with E-state index in [0.29, 0.717) is 16.3 Å². The minimum absolute atomic E-state index is 0.0340. The molecule has 3 rings (SSSR count). The summed E-state index contributed by atoms with van der Waals surface area (Å²) in [5, 5.41) is 9.30. The van der Waals surface area contributed by atoms with Crippen LogP contribution in [0.4, 0.5) is 0 Å². The molecule has 1 atom stereocenters. The van der Waals surface area contributed by atoms with Crippen LogP contribution in [0.25, 0.3) is 11.1 Å². The van der Waals surface area contributed by atoms with E-state index >= 15 is 0 Å². The molecule has 0 unspecified atom stereocenters. The van der Waals surface area contributed by atoms with Gasteiger partial charge in [-0.15, -0.1) is 0 Å². The first-order valence-electron chi connectivity index (χ1n) is 9.78. The molecule has 0 saturated heterocycles. The second-order valence-corrected chi connectivity index (χ2v) is 10.4. The third kappa shape index (κ3) is 5.41. The second kappa shape index (κ2) is 9.74. The van der Waals surface area contributed by atoms with Crippen LogP contribution in [0.2, 0.25) is 5.02 Å². The first-order chi connectivity index (χ1) is 15.5. The van der Waals surface area contributed by atoms with Gasteiger partial charge in [0.2, 0.25) is 5.88 Å². The fourth-order valence-electron chi connectivity index (χ4n) is 3.06. The van der Waals surface area contributed by atoms with Gasteiger partial charge in [-0.25, -0.2) is 18.9 Å². The molecule has 9 nitrogen and oxygen atoms in total. The first kappa shape index (κ1) is 24.4. The van der Waals surface area contributed by atoms with Gasteiger partial charge in [0.1, 0.15) is 10.8 Å². The van der Waals surface area contributed by atoms with Gasteiger partial charge in [0, 0.05) is 31.3 Å². The number of nitrogens with one attached hydrogen (secondary N) is 1. The van der Waals surface area contributed by atoms with Crippen molar-refractivity contribution in [2.24, 2.45) is 0 Å². The number of carbonyl (C=O) groups excluding carboxylic acids is 1. The largest absolute Gasteiger partial charge is 0.438 e. The monoisotopic (exact) mass is 491 g/mol. The number of aryl methyl sites for hydroxylation is 1. The molecule has 2 N–H and O–H groups in total. The van der Waals surface area contributed by atoms with Crippen LogP contribution in [0.15, 0.2) is 65.7 Å². The Bertz CT molecular complexity index is 1320. The number of ether oxygens (including phenoxy) is 1. The number of rotatable bonds is 8. The minimum Gasteiger partial charge on any atom is -0.438 e. The molecule has 0 saturated carbocycles. The third-order valence-corrected chi connectivity index (χ3v) is 7.67. The van der Waals surface area contributed by atoms with Crippen LogP contribution in [0.1, 0.15) is 13.3 Å². The van der Waals surface area contributed by atoms with E-state index < -0.39 is 20.5 Å². The van der Waals surface area contributed by atoms with Gasteiger partial charge in [0.25, 0.3) is 11.5 Å². The summed E-state index contributed by atoms with van der Waals surface area (Å²) in [5.74, 6) is -0.246. The van der Waals surface area contributed by atoms with Crippen LogP contribution in [-0.4, -0.2) is 40.1 Å². The number of carbonyl (C=O) groups is 1. The number of sulfone groups is 1. The lowest BCUT2D eigenvalue weighted by Crippen LogP contribution is -2.49. The third-order valence-electron chi connectivity index (χ3n) is 5.35. The predicted molar refractivity (Wildman–Crippen MR) is 123 cm³/mol. The molecule has 0 radical (unpaired) electrons. The Labute approximate surface area is 195 Å². The van der Waals surface area contributed by atoms with Gasteiger partial charge in [-0.05, 0) is 54.8 Å². The first-order valence-corrected chi connectivity index (χ1v) is 12.1. The molecule has 174 valence electrons. The van der Waals surface area contributed by atoms with Crippen LogP contribution >= 0.6 is 11.6 Å². The highest BCUT2D eigenvalue weighted by Gasteiger charge is 2.43. The van der Waals surface area contributed by atoms with Gasteiger partial charge >= 0.3 is 0 Å². The van der Waals surface area contributed by atoms with Gasteiger partial charge in [-0.2, -0.15) is 0 Å². The van der Waals surface area contributed by atoms with Crippen molar-refractivity contribution in [2.45, 2.75) is 24.6 Å². The highest BCUT2D eigenvalue weighted by atomic mass is 35.5. The molecule has 11 heteroatoms. The molecule has 0 bridgehead atoms. The maximum absolute atomic E-state index is 12.6. The van der Waals surface area contributed by atoms with Gasteiger partial charge in [0.15, 0.2) is 14.6 Å². The van der Waals surface area contributed by atoms with Crippen LogP contribution < -0.4 is 15.8 Å². The van der Waals surface area contributed by atoms with Crippen LogP contribution in [0, 0.1) is 0 Å². The summed E-state index contributed by atoms with van der Waals surface area (Å²) < 4.78 is 29.2. The van der Waals surface area contributed by atoms with E-state index in [1.54, 1.807) is 48.7 Å². The number of amides is 1. The summed E-state index contributed by atoms with van der Waals surface area (Å²) in [6.45, 7) is 1.17. The maximum atomic E-state index is 12.6. The quantitative estimate of drug-likeness (QED) is 0.366. The maximum Gasteiger partial charge on any atom is 0.264 e. The molecule has 0 aliphatic carbocycles. The molecule has 3 aromatic rings. The molecule has 0 spiro atoms. The SMILES string of the molecule is C[C@@](CCn1ccc(-c2ccc(Oc3ncccc3Cl)cc2)cc1=O)(C(=O)NO)S(C)(=O)=O. The fourth-order valence-corrected chi connectivity index (χ4v) is 4.07. The summed E-state index contributed by atoms with van der Waals surface area (Å²) in [4.78, 5) is 28.6. The van der Waals surface area contributed by atoms with E-state index in [9.17, 15) is 18.0 Å². The van der Waals surface area contributed by atoms with Gasteiger partial charge in [-0.1, -0.05) is 23.7 Å². The van der Waals surface area contributed by atoms with Crippen LogP contribution in [0.5, 0.6) is 11.6 Å². The molecule has 1 amide bonds. The minimum atomic E-state index is -3.85. The topological polar surface area (TPSA) is 128 Å². The van der Waals surface area contributed by atoms with Crippen LogP contribution in [-0.2, 0) is 21.2 Å². The Morgan fingerprint density at radius 3 is 2.48 bits per heavy atom. The number of aromatic nitrogens is 2. The molecule has 1 aromatic carbocycles. The number of hydrogen-bond donors (Lipinski definition) is 2. The zero-order valence-corrected chi connectivity index (χ0v) is 19.4. The molecule has 0 aliphatic heterocycles. The van der Waals surface area contributed by atoms with E-state index in [-0.39, 0.29) is 24.4 Å². The Kier molecular flexibility index (Phi) is 7.21. The molecule has 2 heterocycles. The normalized spacial score (nSPS) is 13.2. The van der Waals surface area contributed by atoms with Crippen molar-refractivity contribution in [1.29, 1.82) is 0 Å². The van der Waals surface area contributed by atoms with Crippen molar-refractivity contribution in [2.75, 3.05) is 6.26 Å². The number of hydrogen-bond acceptors (Lipinski definition) is 7. The van der Waals surface area contributed by atoms with Gasteiger partial charge in [0.05, 0.1) is 0 Å². The zero-order valence-electron chi connectivity index (χ0n) is 17.9. The van der Waals surface area contributed by atoms with Crippen molar-refractivity contribution in [3.63, 3.8) is 0 Å². The number of halogens is 1. The summed E-state index contributed by atoms with van der Waals surface area (Å²) in [5.41, 5.74) is 2.44. The molecule has 33 heavy (non-hydrogen) atoms. The average Bonchev–Trinajstić information content (AvgIpc) is 2.78. The summed E-state index contributed by atoms with van der Waals surface area (Å²) in [6, 6.07) is 13.5. The number of pyridine rings is 2. The van der Waals surface area contributed by atoms with E-state index in [1.807, 2.05) is 0 Å². The zero-order chi connectivity index (χ0) is 24.2. The molecular formula is C22H22ClN3O6S. The molecule has 0 aliphatic rings. The van der Waals surface area contributed by atoms with E-state index in [1.165, 1.54) is 29.2 Å². The lowest BCUT2D eigenvalue weighted by atomic mass is 10.1. The highest BCUT2D eigenvalue weighted by molar-refractivity contribution is 7.92. The summed E-state index contributed by atoms with van der Waals surface area (Å²) >= 11 is 6.05. The lowest BCUT2D eigenvalue weighted by Gasteiger charge is -2.25. The summed E-state index contributed by atoms with van der Waals surface area (Å²) in [6.07, 6.45) is 3.80. The predicted octanol–water partition coefficient (Wildman–Crippen LogP) is 3.05. The van der Waals surface area contributed by atoms with Crippen LogP contribution in [0.3, 0.4) is 0 Å². The number of nitrogens with zero attached hydrogens (tertiary/aromatic N) is 2. The van der Waals surface area contributed by atoms with Crippen molar-refractivity contribution in [1.82, 2.24) is 15.0 Å². The van der Waals surface area contributed by atoms with Crippen molar-refractivity contribution >= 4 is 27.3 Å². The number of benzene rings is 1. The highest BCUT2D eigenvalue weighted by Crippen LogP contribution is 2.28. The molecular weight excluding hydrogens is 470 g/mol. The second-order valence-electron chi connectivity index (χ2n) is 7.56. The van der Waals surface area contributed by atoms with E-state index in [4.69, 9.17) is 21.5 Å². The lowest BCUT2D eigenvalue weighted by molar-refractivity contribution is -0.131. The van der Waals surface area contributed by atoms with Crippen molar-refractivity contribution in [3.05, 3.63) is 76.3 Å². The Hall–Kier alpha value is -3.21. The van der Waals surface area contributed by atoms with Crippen molar-refractivity contribution < 1.29 is 23.2 Å². The van der Waals surface area contributed by atoms with E-state index in [0.717, 1.165) is 11.8 Å². The average molecular weight is 492 g/mol. The Morgan fingerprint density at radius 1 is 1.21 bits per heavy atom. The number of hydroxylamine groups is 1. The smallest absolute Gasteiger partial charge is 0.264 e. The molecule has 2 aromatic heterocycles.